The van der Waals surface area contributed by atoms with Crippen molar-refractivity contribution in [1.29, 1.82) is 0 Å². The summed E-state index contributed by atoms with van der Waals surface area (Å²) < 4.78 is 26.1. The first-order valence-electron chi connectivity index (χ1n) is 5.90. The van der Waals surface area contributed by atoms with E-state index >= 15 is 0 Å². The van der Waals surface area contributed by atoms with Gasteiger partial charge in [-0.25, -0.2) is 23.1 Å². The highest BCUT2D eigenvalue weighted by atomic mass is 32.2. The fraction of sp³-hybridized carbons (Fsp3) is 0.455. The van der Waals surface area contributed by atoms with Gasteiger partial charge < -0.3 is 5.73 Å². The number of imidazole rings is 1. The van der Waals surface area contributed by atoms with E-state index in [9.17, 15) is 8.42 Å². The number of rotatable bonds is 5. The molecule has 2 aromatic rings. The van der Waals surface area contributed by atoms with Crippen molar-refractivity contribution in [2.45, 2.75) is 19.9 Å². The predicted octanol–water partition coefficient (Wildman–Crippen LogP) is 0.261. The van der Waals surface area contributed by atoms with E-state index in [0.717, 1.165) is 23.0 Å². The quantitative estimate of drug-likeness (QED) is 0.766. The van der Waals surface area contributed by atoms with Crippen molar-refractivity contribution in [2.24, 2.45) is 0 Å². The van der Waals surface area contributed by atoms with Gasteiger partial charge in [-0.05, 0) is 25.0 Å². The predicted molar refractivity (Wildman–Crippen MR) is 74.1 cm³/mol. The average Bonchev–Trinajstić information content (AvgIpc) is 2.58. The molecule has 0 aliphatic rings. The number of sulfonamides is 1. The van der Waals surface area contributed by atoms with Gasteiger partial charge in [-0.2, -0.15) is 0 Å². The summed E-state index contributed by atoms with van der Waals surface area (Å²) in [7, 11) is -3.15. The van der Waals surface area contributed by atoms with E-state index in [0.29, 0.717) is 25.5 Å². The Kier molecular flexibility index (Phi) is 3.72. The summed E-state index contributed by atoms with van der Waals surface area (Å²) in [5.41, 5.74) is 8.35. The highest BCUT2D eigenvalue weighted by molar-refractivity contribution is 7.88. The number of nitrogen functional groups attached to an aromatic ring is 1. The monoisotopic (exact) mass is 283 g/mol. The van der Waals surface area contributed by atoms with Crippen LogP contribution in [-0.4, -0.2) is 35.8 Å². The first-order valence-corrected chi connectivity index (χ1v) is 7.79. The van der Waals surface area contributed by atoms with Gasteiger partial charge in [0.1, 0.15) is 5.52 Å². The zero-order valence-corrected chi connectivity index (χ0v) is 11.7. The molecule has 8 heteroatoms. The standard InChI is InChI=1S/C11H17N5O2S/c1-8-6-9-10(13-7-8)16(11(12)15-9)5-3-4-14-19(2,17)18/h6-7,14H,3-5H2,1-2H3,(H2,12,15). The molecule has 0 saturated heterocycles. The third-order valence-electron chi connectivity index (χ3n) is 2.67. The minimum absolute atomic E-state index is 0.365. The first-order chi connectivity index (χ1) is 8.87. The molecule has 0 radical (unpaired) electrons. The summed E-state index contributed by atoms with van der Waals surface area (Å²) in [6.45, 7) is 2.88. The van der Waals surface area contributed by atoms with Crippen LogP contribution in [0, 0.1) is 6.92 Å². The second-order valence-electron chi connectivity index (χ2n) is 4.50. The highest BCUT2D eigenvalue weighted by Crippen LogP contribution is 2.16. The van der Waals surface area contributed by atoms with E-state index in [-0.39, 0.29) is 0 Å². The molecule has 0 fully saturated rings. The SMILES string of the molecule is Cc1cnc2c(c1)nc(N)n2CCCNS(C)(=O)=O. The fourth-order valence-corrected chi connectivity index (χ4v) is 2.36. The molecule has 0 saturated carbocycles. The number of nitrogens with two attached hydrogens (primary N) is 1. The van der Waals surface area contributed by atoms with E-state index in [1.807, 2.05) is 13.0 Å². The van der Waals surface area contributed by atoms with Gasteiger partial charge >= 0.3 is 0 Å². The third-order valence-corrected chi connectivity index (χ3v) is 3.40. The number of aryl methyl sites for hydroxylation is 2. The zero-order valence-electron chi connectivity index (χ0n) is 10.9. The highest BCUT2D eigenvalue weighted by Gasteiger charge is 2.09. The number of hydrogen-bond acceptors (Lipinski definition) is 5. The maximum Gasteiger partial charge on any atom is 0.208 e. The van der Waals surface area contributed by atoms with Gasteiger partial charge in [0.05, 0.1) is 6.26 Å². The minimum atomic E-state index is -3.15. The molecular formula is C11H17N5O2S. The third kappa shape index (κ3) is 3.42. The Bertz CT molecular complexity index is 692. The summed E-state index contributed by atoms with van der Waals surface area (Å²) in [6.07, 6.45) is 3.52. The molecular weight excluding hydrogens is 266 g/mol. The largest absolute Gasteiger partial charge is 0.369 e. The molecule has 0 atom stereocenters. The van der Waals surface area contributed by atoms with Crippen LogP contribution in [0.15, 0.2) is 12.3 Å². The van der Waals surface area contributed by atoms with Gasteiger partial charge in [0.2, 0.25) is 16.0 Å². The van der Waals surface area contributed by atoms with Crippen LogP contribution in [0.3, 0.4) is 0 Å². The van der Waals surface area contributed by atoms with Crippen LogP contribution >= 0.6 is 0 Å². The molecule has 7 nitrogen and oxygen atoms in total. The summed E-state index contributed by atoms with van der Waals surface area (Å²) in [4.78, 5) is 8.55. The van der Waals surface area contributed by atoms with Crippen LogP contribution in [0.4, 0.5) is 5.95 Å². The molecule has 104 valence electrons. The van der Waals surface area contributed by atoms with Crippen molar-refractivity contribution in [3.63, 3.8) is 0 Å². The molecule has 2 heterocycles. The molecule has 2 rings (SSSR count). The second-order valence-corrected chi connectivity index (χ2v) is 6.33. The maximum absolute atomic E-state index is 10.9. The van der Waals surface area contributed by atoms with E-state index in [2.05, 4.69) is 14.7 Å². The summed E-state index contributed by atoms with van der Waals surface area (Å²) >= 11 is 0. The second kappa shape index (κ2) is 5.14. The van der Waals surface area contributed by atoms with Crippen molar-refractivity contribution in [2.75, 3.05) is 18.5 Å². The van der Waals surface area contributed by atoms with Crippen LogP contribution < -0.4 is 10.5 Å². The van der Waals surface area contributed by atoms with E-state index in [4.69, 9.17) is 5.73 Å². The Balaban J connectivity index is 2.10. The van der Waals surface area contributed by atoms with Crippen LogP contribution in [0.5, 0.6) is 0 Å². The Labute approximate surface area is 111 Å². The van der Waals surface area contributed by atoms with Crippen molar-refractivity contribution in [3.05, 3.63) is 17.8 Å². The summed E-state index contributed by atoms with van der Waals surface area (Å²) in [5.74, 6) is 0.396. The summed E-state index contributed by atoms with van der Waals surface area (Å²) in [6, 6.07) is 1.92. The Morgan fingerprint density at radius 2 is 2.21 bits per heavy atom. The molecule has 0 aromatic carbocycles. The molecule has 0 amide bonds. The lowest BCUT2D eigenvalue weighted by molar-refractivity contribution is 0.578. The molecule has 0 aliphatic heterocycles. The van der Waals surface area contributed by atoms with Gasteiger partial charge in [0, 0.05) is 19.3 Å². The number of aromatic nitrogens is 3. The molecule has 0 unspecified atom stereocenters. The lowest BCUT2D eigenvalue weighted by Crippen LogP contribution is -2.24. The maximum atomic E-state index is 10.9. The van der Waals surface area contributed by atoms with Gasteiger partial charge in [-0.15, -0.1) is 0 Å². The number of pyridine rings is 1. The van der Waals surface area contributed by atoms with Crippen LogP contribution in [0.25, 0.3) is 11.2 Å². The molecule has 2 aromatic heterocycles. The van der Waals surface area contributed by atoms with Gasteiger partial charge in [-0.1, -0.05) is 0 Å². The van der Waals surface area contributed by atoms with Crippen LogP contribution in [0.2, 0.25) is 0 Å². The summed E-state index contributed by atoms with van der Waals surface area (Å²) in [5, 5.41) is 0. The van der Waals surface area contributed by atoms with E-state index in [1.165, 1.54) is 0 Å². The molecule has 3 N–H and O–H groups in total. The average molecular weight is 283 g/mol. The van der Waals surface area contributed by atoms with Crippen molar-refractivity contribution >= 4 is 27.1 Å². The van der Waals surface area contributed by atoms with E-state index < -0.39 is 10.0 Å². The van der Waals surface area contributed by atoms with Gasteiger partial charge in [0.15, 0.2) is 5.65 Å². The molecule has 0 spiro atoms. The molecule has 0 bridgehead atoms. The lowest BCUT2D eigenvalue weighted by Gasteiger charge is -2.06. The Morgan fingerprint density at radius 1 is 1.47 bits per heavy atom. The van der Waals surface area contributed by atoms with Crippen molar-refractivity contribution in [1.82, 2.24) is 19.3 Å². The molecule has 19 heavy (non-hydrogen) atoms. The Morgan fingerprint density at radius 3 is 2.89 bits per heavy atom. The van der Waals surface area contributed by atoms with Gasteiger partial charge in [0.25, 0.3) is 0 Å². The fourth-order valence-electron chi connectivity index (χ4n) is 1.84. The topological polar surface area (TPSA) is 103 Å². The number of hydrogen-bond donors (Lipinski definition) is 2. The van der Waals surface area contributed by atoms with Gasteiger partial charge in [-0.3, -0.25) is 4.57 Å². The van der Waals surface area contributed by atoms with Crippen LogP contribution in [-0.2, 0) is 16.6 Å². The van der Waals surface area contributed by atoms with Crippen LogP contribution in [0.1, 0.15) is 12.0 Å². The lowest BCUT2D eigenvalue weighted by atomic mass is 10.3. The van der Waals surface area contributed by atoms with E-state index in [1.54, 1.807) is 10.8 Å². The zero-order chi connectivity index (χ0) is 14.0. The van der Waals surface area contributed by atoms with Crippen molar-refractivity contribution in [3.8, 4) is 0 Å². The number of nitrogens with zero attached hydrogens (tertiary/aromatic N) is 3. The normalized spacial score (nSPS) is 12.1. The molecule has 0 aliphatic carbocycles. The minimum Gasteiger partial charge on any atom is -0.369 e. The first kappa shape index (κ1) is 13.8. The Hall–Kier alpha value is -1.67. The number of fused-ring (bicyclic) bond motifs is 1. The smallest absolute Gasteiger partial charge is 0.208 e. The number of anilines is 1. The number of nitrogens with one attached hydrogen (secondary N) is 1. The van der Waals surface area contributed by atoms with Crippen molar-refractivity contribution < 1.29 is 8.42 Å².